The first-order chi connectivity index (χ1) is 10.8. The Bertz CT molecular complexity index is 852. The van der Waals surface area contributed by atoms with Crippen LogP contribution in [-0.2, 0) is 14.8 Å². The van der Waals surface area contributed by atoms with Crippen LogP contribution in [0.25, 0.3) is 0 Å². The summed E-state index contributed by atoms with van der Waals surface area (Å²) in [5.74, 6) is -1.11. The third-order valence-corrected chi connectivity index (χ3v) is 5.99. The summed E-state index contributed by atoms with van der Waals surface area (Å²) in [5.41, 5.74) is 1.53. The van der Waals surface area contributed by atoms with Gasteiger partial charge in [-0.1, -0.05) is 23.4 Å². The van der Waals surface area contributed by atoms with E-state index in [0.29, 0.717) is 11.4 Å². The molecule has 0 bridgehead atoms. The molecule has 1 atom stereocenters. The van der Waals surface area contributed by atoms with Crippen molar-refractivity contribution in [1.82, 2.24) is 5.16 Å². The van der Waals surface area contributed by atoms with E-state index in [2.05, 4.69) is 5.16 Å². The number of benzene rings is 1. The Morgan fingerprint density at radius 3 is 2.70 bits per heavy atom. The lowest BCUT2D eigenvalue weighted by Gasteiger charge is -2.19. The molecular weight excluding hydrogens is 320 g/mol. The largest absolute Gasteiger partial charge is 0.481 e. The van der Waals surface area contributed by atoms with E-state index in [0.717, 1.165) is 5.56 Å². The molecule has 3 rings (SSSR count). The molecule has 1 aliphatic rings. The van der Waals surface area contributed by atoms with E-state index in [9.17, 15) is 13.2 Å². The van der Waals surface area contributed by atoms with Crippen LogP contribution >= 0.6 is 0 Å². The van der Waals surface area contributed by atoms with Crippen LogP contribution in [0, 0.1) is 13.8 Å². The summed E-state index contributed by atoms with van der Waals surface area (Å²) in [7, 11) is -3.85. The molecule has 1 N–H and O–H groups in total. The molecule has 1 aromatic heterocycles. The van der Waals surface area contributed by atoms with Crippen molar-refractivity contribution in [3.63, 3.8) is 0 Å². The quantitative estimate of drug-likeness (QED) is 0.917. The fourth-order valence-electron chi connectivity index (χ4n) is 3.02. The van der Waals surface area contributed by atoms with E-state index in [1.807, 2.05) is 0 Å². The highest BCUT2D eigenvalue weighted by Crippen LogP contribution is 2.41. The molecule has 0 amide bonds. The van der Waals surface area contributed by atoms with Crippen molar-refractivity contribution in [3.8, 4) is 0 Å². The molecule has 0 saturated carbocycles. The Kier molecular flexibility index (Phi) is 3.63. The van der Waals surface area contributed by atoms with Gasteiger partial charge in [-0.25, -0.2) is 8.42 Å². The molecule has 2 aromatic rings. The zero-order valence-electron chi connectivity index (χ0n) is 12.7. The van der Waals surface area contributed by atoms with Gasteiger partial charge in [-0.3, -0.25) is 9.10 Å². The van der Waals surface area contributed by atoms with E-state index in [1.54, 1.807) is 38.1 Å². The molecule has 7 nitrogen and oxygen atoms in total. The highest BCUT2D eigenvalue weighted by atomic mass is 32.2. The predicted molar refractivity (Wildman–Crippen MR) is 81.9 cm³/mol. The number of nitrogens with zero attached hydrogens (tertiary/aromatic N) is 2. The van der Waals surface area contributed by atoms with Gasteiger partial charge < -0.3 is 9.63 Å². The zero-order chi connectivity index (χ0) is 16.8. The Labute approximate surface area is 133 Å². The molecular formula is C15H16N2O5S. The summed E-state index contributed by atoms with van der Waals surface area (Å²) in [5, 5.41) is 12.8. The lowest BCUT2D eigenvalue weighted by Crippen LogP contribution is -2.31. The van der Waals surface area contributed by atoms with Crippen LogP contribution in [0.4, 0.5) is 5.69 Å². The maximum Gasteiger partial charge on any atom is 0.304 e. The molecule has 1 aliphatic heterocycles. The van der Waals surface area contributed by atoms with Crippen molar-refractivity contribution in [3.05, 3.63) is 41.3 Å². The molecule has 1 unspecified atom stereocenters. The minimum absolute atomic E-state index is 0.0447. The van der Waals surface area contributed by atoms with Gasteiger partial charge in [-0.2, -0.15) is 0 Å². The molecule has 1 aromatic carbocycles. The van der Waals surface area contributed by atoms with Gasteiger partial charge >= 0.3 is 5.97 Å². The van der Waals surface area contributed by atoms with Crippen LogP contribution in [0.3, 0.4) is 0 Å². The Balaban J connectivity index is 2.09. The molecule has 0 radical (unpaired) electrons. The van der Waals surface area contributed by atoms with E-state index >= 15 is 0 Å². The van der Waals surface area contributed by atoms with E-state index in [-0.39, 0.29) is 29.5 Å². The SMILES string of the molecule is Cc1noc(C)c1S(=O)(=O)N1CC(CC(=O)O)c2ccccc21. The van der Waals surface area contributed by atoms with Gasteiger partial charge in [0.1, 0.15) is 5.69 Å². The fourth-order valence-corrected chi connectivity index (χ4v) is 4.86. The molecule has 122 valence electrons. The predicted octanol–water partition coefficient (Wildman–Crippen LogP) is 2.06. The van der Waals surface area contributed by atoms with Crippen LogP contribution in [0.15, 0.2) is 33.7 Å². The van der Waals surface area contributed by atoms with Crippen molar-refractivity contribution in [1.29, 1.82) is 0 Å². The number of hydrogen-bond acceptors (Lipinski definition) is 5. The van der Waals surface area contributed by atoms with Crippen molar-refractivity contribution in [2.45, 2.75) is 31.1 Å². The van der Waals surface area contributed by atoms with Crippen molar-refractivity contribution >= 4 is 21.7 Å². The Morgan fingerprint density at radius 1 is 1.39 bits per heavy atom. The van der Waals surface area contributed by atoms with Gasteiger partial charge in [-0.15, -0.1) is 0 Å². The van der Waals surface area contributed by atoms with Gasteiger partial charge in [0, 0.05) is 12.5 Å². The topological polar surface area (TPSA) is 101 Å². The van der Waals surface area contributed by atoms with E-state index in [1.165, 1.54) is 4.31 Å². The first kappa shape index (κ1) is 15.5. The van der Waals surface area contributed by atoms with Crippen LogP contribution in [0.5, 0.6) is 0 Å². The Hall–Kier alpha value is -2.35. The molecule has 8 heteroatoms. The first-order valence-corrected chi connectivity index (χ1v) is 8.52. The number of sulfonamides is 1. The molecule has 23 heavy (non-hydrogen) atoms. The van der Waals surface area contributed by atoms with Crippen molar-refractivity contribution in [2.24, 2.45) is 0 Å². The third kappa shape index (κ3) is 2.48. The maximum absolute atomic E-state index is 13.0. The number of rotatable bonds is 4. The summed E-state index contributed by atoms with van der Waals surface area (Å²) in [6.45, 7) is 3.21. The molecule has 0 aliphatic carbocycles. The summed E-state index contributed by atoms with van der Waals surface area (Å²) >= 11 is 0. The smallest absolute Gasteiger partial charge is 0.304 e. The minimum atomic E-state index is -3.85. The number of aliphatic carboxylic acids is 1. The van der Waals surface area contributed by atoms with Crippen molar-refractivity contribution in [2.75, 3.05) is 10.8 Å². The summed E-state index contributed by atoms with van der Waals surface area (Å²) in [6.07, 6.45) is -0.120. The third-order valence-electron chi connectivity index (χ3n) is 3.97. The normalized spacial score (nSPS) is 17.3. The number of para-hydroxylation sites is 1. The highest BCUT2D eigenvalue weighted by molar-refractivity contribution is 7.93. The molecule has 2 heterocycles. The highest BCUT2D eigenvalue weighted by Gasteiger charge is 2.39. The number of carboxylic acids is 1. The first-order valence-electron chi connectivity index (χ1n) is 7.08. The zero-order valence-corrected chi connectivity index (χ0v) is 13.5. The maximum atomic E-state index is 13.0. The average Bonchev–Trinajstić information content (AvgIpc) is 3.00. The van der Waals surface area contributed by atoms with Crippen LogP contribution in [-0.4, -0.2) is 31.2 Å². The Morgan fingerprint density at radius 2 is 2.09 bits per heavy atom. The lowest BCUT2D eigenvalue weighted by molar-refractivity contribution is -0.137. The lowest BCUT2D eigenvalue weighted by atomic mass is 9.98. The number of carbonyl (C=O) groups is 1. The van der Waals surface area contributed by atoms with Crippen LogP contribution in [0.2, 0.25) is 0 Å². The van der Waals surface area contributed by atoms with Gasteiger partial charge in [-0.05, 0) is 25.5 Å². The number of aryl methyl sites for hydroxylation is 2. The molecule has 0 fully saturated rings. The second-order valence-electron chi connectivity index (χ2n) is 5.54. The average molecular weight is 336 g/mol. The number of carboxylic acid groups (broad SMARTS) is 1. The summed E-state index contributed by atoms with van der Waals surface area (Å²) in [6, 6.07) is 6.97. The molecule has 0 spiro atoms. The summed E-state index contributed by atoms with van der Waals surface area (Å²) in [4.78, 5) is 11.1. The minimum Gasteiger partial charge on any atom is -0.481 e. The standard InChI is InChI=1S/C15H16N2O5S/c1-9-15(10(2)22-16-9)23(20,21)17-8-11(7-14(18)19)12-5-3-4-6-13(12)17/h3-6,11H,7-8H2,1-2H3,(H,18,19). The summed E-state index contributed by atoms with van der Waals surface area (Å²) < 4.78 is 32.2. The van der Waals surface area contributed by atoms with Crippen LogP contribution < -0.4 is 4.31 Å². The fraction of sp³-hybridized carbons (Fsp3) is 0.333. The van der Waals surface area contributed by atoms with Gasteiger partial charge in [0.25, 0.3) is 10.0 Å². The second-order valence-corrected chi connectivity index (χ2v) is 7.34. The second kappa shape index (κ2) is 5.38. The van der Waals surface area contributed by atoms with E-state index < -0.39 is 16.0 Å². The number of hydrogen-bond donors (Lipinski definition) is 1. The van der Waals surface area contributed by atoms with E-state index in [4.69, 9.17) is 9.63 Å². The van der Waals surface area contributed by atoms with Gasteiger partial charge in [0.05, 0.1) is 12.1 Å². The number of aromatic nitrogens is 1. The van der Waals surface area contributed by atoms with Crippen LogP contribution in [0.1, 0.15) is 29.4 Å². The van der Waals surface area contributed by atoms with Gasteiger partial charge in [0.15, 0.2) is 10.7 Å². The molecule has 0 saturated heterocycles. The number of fused-ring (bicyclic) bond motifs is 1. The number of anilines is 1. The van der Waals surface area contributed by atoms with Gasteiger partial charge in [0.2, 0.25) is 0 Å². The monoisotopic (exact) mass is 336 g/mol. The van der Waals surface area contributed by atoms with Crippen molar-refractivity contribution < 1.29 is 22.8 Å².